The van der Waals surface area contributed by atoms with Crippen LogP contribution in [-0.2, 0) is 21.4 Å². The Balaban J connectivity index is 1.79. The average molecular weight is 447 g/mol. The largest absolute Gasteiger partial charge is 0.331 e. The van der Waals surface area contributed by atoms with Gasteiger partial charge in [0.05, 0.1) is 24.3 Å². The summed E-state index contributed by atoms with van der Waals surface area (Å²) in [7, 11) is -3.38. The number of hydrogen-bond acceptors (Lipinski definition) is 6. The summed E-state index contributed by atoms with van der Waals surface area (Å²) in [4.78, 5) is 28.1. The first-order valence-corrected chi connectivity index (χ1v) is 12.6. The molecule has 3 rings (SSSR count). The minimum Gasteiger partial charge on any atom is -0.331 e. The number of carbonyl (C=O) groups is 2. The quantitative estimate of drug-likeness (QED) is 0.611. The predicted octanol–water partition coefficient (Wildman–Crippen LogP) is 1.57. The van der Waals surface area contributed by atoms with Gasteiger partial charge >= 0.3 is 0 Å². The number of Topliss-reactive ketones (excluding diaryl/α,β-unsaturated/α-hetero) is 1. The van der Waals surface area contributed by atoms with Crippen LogP contribution < -0.4 is 10.5 Å². The lowest BCUT2D eigenvalue weighted by Crippen LogP contribution is -2.46. The molecule has 0 aromatic heterocycles. The van der Waals surface area contributed by atoms with E-state index in [1.807, 2.05) is 6.07 Å². The minimum atomic E-state index is -3.38. The minimum absolute atomic E-state index is 0.121. The monoisotopic (exact) mass is 446 g/mol. The predicted molar refractivity (Wildman–Crippen MR) is 116 cm³/mol. The van der Waals surface area contributed by atoms with E-state index in [1.54, 1.807) is 18.2 Å². The van der Waals surface area contributed by atoms with Crippen LogP contribution in [-0.4, -0.2) is 49.9 Å². The average Bonchev–Trinajstić information content (AvgIpc) is 3.18. The molecule has 1 saturated heterocycles. The third kappa shape index (κ3) is 5.70. The van der Waals surface area contributed by atoms with Gasteiger partial charge in [-0.25, -0.2) is 13.1 Å². The number of nitrogens with one attached hydrogen (secondary N) is 1. The maximum Gasteiger partial charge on any atom is 0.223 e. The van der Waals surface area contributed by atoms with Crippen molar-refractivity contribution in [2.75, 3.05) is 12.8 Å². The molecular weight excluding hydrogens is 416 g/mol. The molecule has 1 aromatic rings. The van der Waals surface area contributed by atoms with Crippen molar-refractivity contribution in [3.8, 4) is 6.07 Å². The van der Waals surface area contributed by atoms with Crippen LogP contribution in [0, 0.1) is 23.2 Å². The van der Waals surface area contributed by atoms with E-state index in [2.05, 4.69) is 10.8 Å². The topological polar surface area (TPSA) is 133 Å². The van der Waals surface area contributed by atoms with E-state index < -0.39 is 22.0 Å². The molecule has 1 saturated carbocycles. The Kier molecular flexibility index (Phi) is 7.46. The zero-order chi connectivity index (χ0) is 22.6. The number of nitrogens with two attached hydrogens (primary N) is 1. The molecule has 3 N–H and O–H groups in total. The lowest BCUT2D eigenvalue weighted by Gasteiger charge is -2.33. The smallest absolute Gasteiger partial charge is 0.223 e. The number of amides is 1. The molecule has 0 bridgehead atoms. The molecule has 1 aliphatic heterocycles. The molecular formula is C22H30N4O4S. The molecule has 0 spiro atoms. The Morgan fingerprint density at radius 1 is 1.26 bits per heavy atom. The number of nitrogens with zero attached hydrogens (tertiary/aromatic N) is 2. The van der Waals surface area contributed by atoms with Gasteiger partial charge < -0.3 is 10.6 Å². The molecule has 8 nitrogen and oxygen atoms in total. The summed E-state index contributed by atoms with van der Waals surface area (Å²) in [5, 5.41) is 9.43. The van der Waals surface area contributed by atoms with E-state index in [4.69, 9.17) is 5.73 Å². The number of likely N-dealkylation sites (tertiary alicyclic amines) is 1. The molecule has 0 radical (unpaired) electrons. The van der Waals surface area contributed by atoms with Crippen LogP contribution in [0.25, 0.3) is 0 Å². The standard InChI is InChI=1S/C22H30N4O4S/c1-31(29,30)25-19-9-5-3-6-16(19)11-21(27)26-14-15(12-23)10-20(26)22(28)18-8-4-2-7-17(18)13-24/h2,4,7-8,15-16,19-20,25H,3,5-6,9-11,13-14,24H2,1H3/t15?,16-,19?,20+/m1/s1. The molecule has 1 aliphatic carbocycles. The van der Waals surface area contributed by atoms with Crippen molar-refractivity contribution in [1.29, 1.82) is 5.26 Å². The molecule has 2 fully saturated rings. The number of carbonyl (C=O) groups excluding carboxylic acids is 2. The van der Waals surface area contributed by atoms with E-state index in [9.17, 15) is 23.3 Å². The van der Waals surface area contributed by atoms with Crippen molar-refractivity contribution in [2.24, 2.45) is 17.6 Å². The molecule has 9 heteroatoms. The van der Waals surface area contributed by atoms with Crippen molar-refractivity contribution >= 4 is 21.7 Å². The van der Waals surface area contributed by atoms with Gasteiger partial charge in [-0.05, 0) is 30.7 Å². The lowest BCUT2D eigenvalue weighted by atomic mass is 9.82. The Bertz CT molecular complexity index is 972. The Hall–Kier alpha value is -2.28. The third-order valence-electron chi connectivity index (χ3n) is 6.32. The highest BCUT2D eigenvalue weighted by molar-refractivity contribution is 7.88. The molecule has 31 heavy (non-hydrogen) atoms. The Morgan fingerprint density at radius 2 is 1.97 bits per heavy atom. The van der Waals surface area contributed by atoms with Crippen LogP contribution in [0.5, 0.6) is 0 Å². The van der Waals surface area contributed by atoms with E-state index in [0.29, 0.717) is 24.0 Å². The SMILES string of the molecule is CS(=O)(=O)NC1CCCC[C@@H]1CC(=O)N1CC(C#N)C[C@H]1C(=O)c1ccccc1CN. The van der Waals surface area contributed by atoms with Crippen molar-refractivity contribution in [3.63, 3.8) is 0 Å². The van der Waals surface area contributed by atoms with Crippen molar-refractivity contribution in [2.45, 2.75) is 57.2 Å². The van der Waals surface area contributed by atoms with Gasteiger partial charge in [0.1, 0.15) is 0 Å². The summed E-state index contributed by atoms with van der Waals surface area (Å²) in [5.41, 5.74) is 6.98. The lowest BCUT2D eigenvalue weighted by molar-refractivity contribution is -0.132. The zero-order valence-electron chi connectivity index (χ0n) is 17.8. The van der Waals surface area contributed by atoms with Gasteiger partial charge in [0.25, 0.3) is 0 Å². The summed E-state index contributed by atoms with van der Waals surface area (Å²) in [6.45, 7) is 0.429. The van der Waals surface area contributed by atoms with Gasteiger partial charge in [-0.1, -0.05) is 37.1 Å². The fourth-order valence-corrected chi connectivity index (χ4v) is 5.66. The number of rotatable bonds is 7. The van der Waals surface area contributed by atoms with Crippen LogP contribution in [0.4, 0.5) is 0 Å². The van der Waals surface area contributed by atoms with Gasteiger partial charge in [-0.2, -0.15) is 5.26 Å². The summed E-state index contributed by atoms with van der Waals surface area (Å²) in [6, 6.07) is 8.29. The molecule has 168 valence electrons. The van der Waals surface area contributed by atoms with Gasteiger partial charge in [-0.3, -0.25) is 9.59 Å². The van der Waals surface area contributed by atoms with Crippen LogP contribution in [0.3, 0.4) is 0 Å². The first kappa shape index (κ1) is 23.4. The molecule has 1 heterocycles. The van der Waals surface area contributed by atoms with E-state index >= 15 is 0 Å². The second-order valence-corrected chi connectivity index (χ2v) is 10.4. The Morgan fingerprint density at radius 3 is 2.65 bits per heavy atom. The summed E-state index contributed by atoms with van der Waals surface area (Å²) in [6.07, 6.45) is 4.88. The first-order valence-electron chi connectivity index (χ1n) is 10.7. The highest BCUT2D eigenvalue weighted by Gasteiger charge is 2.41. The van der Waals surface area contributed by atoms with Crippen LogP contribution in [0.15, 0.2) is 24.3 Å². The van der Waals surface area contributed by atoms with E-state index in [-0.39, 0.29) is 43.2 Å². The second kappa shape index (κ2) is 9.90. The molecule has 1 aromatic carbocycles. The van der Waals surface area contributed by atoms with Crippen LogP contribution in [0.1, 0.15) is 54.4 Å². The molecule has 2 unspecified atom stereocenters. The highest BCUT2D eigenvalue weighted by Crippen LogP contribution is 2.32. The summed E-state index contributed by atoms with van der Waals surface area (Å²) < 4.78 is 26.1. The molecule has 2 aliphatic rings. The summed E-state index contributed by atoms with van der Waals surface area (Å²) >= 11 is 0. The summed E-state index contributed by atoms with van der Waals surface area (Å²) in [5.74, 6) is -0.918. The number of hydrogen-bond donors (Lipinski definition) is 2. The van der Waals surface area contributed by atoms with E-state index in [0.717, 1.165) is 25.5 Å². The first-order chi connectivity index (χ1) is 14.7. The van der Waals surface area contributed by atoms with Gasteiger partial charge in [0.2, 0.25) is 15.9 Å². The maximum absolute atomic E-state index is 13.3. The zero-order valence-corrected chi connectivity index (χ0v) is 18.6. The number of nitriles is 1. The fourth-order valence-electron chi connectivity index (χ4n) is 4.80. The van der Waals surface area contributed by atoms with Crippen molar-refractivity contribution in [3.05, 3.63) is 35.4 Å². The van der Waals surface area contributed by atoms with Gasteiger partial charge in [0.15, 0.2) is 5.78 Å². The molecule has 4 atom stereocenters. The number of ketones is 1. The van der Waals surface area contributed by atoms with E-state index in [1.165, 1.54) is 4.90 Å². The van der Waals surface area contributed by atoms with Gasteiger partial charge in [0, 0.05) is 31.1 Å². The second-order valence-electron chi connectivity index (χ2n) is 8.59. The van der Waals surface area contributed by atoms with Gasteiger partial charge in [-0.15, -0.1) is 0 Å². The third-order valence-corrected chi connectivity index (χ3v) is 7.05. The van der Waals surface area contributed by atoms with Crippen LogP contribution in [0.2, 0.25) is 0 Å². The molecule has 1 amide bonds. The Labute approximate surface area is 183 Å². The fraction of sp³-hybridized carbons (Fsp3) is 0.591. The maximum atomic E-state index is 13.3. The van der Waals surface area contributed by atoms with Crippen molar-refractivity contribution in [1.82, 2.24) is 9.62 Å². The normalized spacial score (nSPS) is 26.4. The highest BCUT2D eigenvalue weighted by atomic mass is 32.2. The van der Waals surface area contributed by atoms with Crippen molar-refractivity contribution < 1.29 is 18.0 Å². The number of benzene rings is 1. The van der Waals surface area contributed by atoms with Crippen LogP contribution >= 0.6 is 0 Å². The number of sulfonamides is 1.